The Bertz CT molecular complexity index is 818. The summed E-state index contributed by atoms with van der Waals surface area (Å²) in [5.74, 6) is -0.708. The molecule has 9 heteroatoms. The first-order valence-electron chi connectivity index (χ1n) is 7.17. The summed E-state index contributed by atoms with van der Waals surface area (Å²) in [7, 11) is -2.56. The van der Waals surface area contributed by atoms with Crippen LogP contribution in [0.3, 0.4) is 0 Å². The number of anilines is 2. The summed E-state index contributed by atoms with van der Waals surface area (Å²) in [5.41, 5.74) is -0.664. The molecule has 2 aromatic rings. The van der Waals surface area contributed by atoms with Gasteiger partial charge in [-0.25, -0.2) is 9.78 Å². The highest BCUT2D eigenvalue weighted by Crippen LogP contribution is 2.36. The maximum atomic E-state index is 12.8. The molecule has 0 unspecified atom stereocenters. The maximum Gasteiger partial charge on any atom is 0.416 e. The van der Waals surface area contributed by atoms with Gasteiger partial charge >= 0.3 is 12.1 Å². The molecule has 0 radical (unpaired) electrons. The van der Waals surface area contributed by atoms with Crippen molar-refractivity contribution in [3.63, 3.8) is 0 Å². The van der Waals surface area contributed by atoms with E-state index in [0.29, 0.717) is 0 Å². The lowest BCUT2D eigenvalue weighted by Gasteiger charge is -2.13. The molecule has 25 heavy (non-hydrogen) atoms. The van der Waals surface area contributed by atoms with E-state index in [2.05, 4.69) is 10.3 Å². The summed E-state index contributed by atoms with van der Waals surface area (Å²) in [4.78, 5) is 16.1. The molecule has 0 amide bonds. The fourth-order valence-electron chi connectivity index (χ4n) is 1.87. The van der Waals surface area contributed by atoms with Crippen LogP contribution in [0.15, 0.2) is 42.6 Å². The molecule has 1 aromatic carbocycles. The molecule has 2 rings (SSSR count). The molecular weight excluding hydrogens is 356 g/mol. The number of alkyl halides is 3. The van der Waals surface area contributed by atoms with Crippen LogP contribution >= 0.6 is 7.14 Å². The Labute approximate surface area is 142 Å². The molecule has 134 valence electrons. The maximum absolute atomic E-state index is 12.8. The molecule has 0 aliphatic rings. The number of rotatable bonds is 5. The summed E-state index contributed by atoms with van der Waals surface area (Å²) in [6.45, 7) is 2.95. The lowest BCUT2D eigenvalue weighted by Crippen LogP contribution is -2.11. The largest absolute Gasteiger partial charge is 0.454 e. The van der Waals surface area contributed by atoms with Gasteiger partial charge in [-0.05, 0) is 43.7 Å². The molecule has 0 atom stereocenters. The van der Waals surface area contributed by atoms with Crippen LogP contribution in [-0.4, -0.2) is 30.6 Å². The topological polar surface area (TPSA) is 68.3 Å². The van der Waals surface area contributed by atoms with Crippen molar-refractivity contribution in [1.82, 2.24) is 4.98 Å². The number of hydrogen-bond acceptors (Lipinski definition) is 5. The number of benzene rings is 1. The fraction of sp³-hybridized carbons (Fsp3) is 0.250. The van der Waals surface area contributed by atoms with Crippen molar-refractivity contribution >= 4 is 24.6 Å². The van der Waals surface area contributed by atoms with Crippen LogP contribution in [0.2, 0.25) is 0 Å². The van der Waals surface area contributed by atoms with Crippen LogP contribution in [0.5, 0.6) is 0 Å². The third-order valence-electron chi connectivity index (χ3n) is 2.99. The molecule has 1 aromatic heterocycles. The lowest BCUT2D eigenvalue weighted by atomic mass is 10.2. The van der Waals surface area contributed by atoms with Gasteiger partial charge in [0.2, 0.25) is 0 Å². The number of halogens is 3. The van der Waals surface area contributed by atoms with E-state index >= 15 is 0 Å². The van der Waals surface area contributed by atoms with Crippen molar-refractivity contribution in [1.29, 1.82) is 0 Å². The standard InChI is InChI=1S/C16H16F3N2O3P/c1-25(2,23)10-24-15(22)13-7-4-8-20-14(13)21-12-6-3-5-11(9-12)16(17,18)19/h3-9H,10H2,1-2H3,(H,20,21). The van der Waals surface area contributed by atoms with E-state index in [1.165, 1.54) is 43.8 Å². The Morgan fingerprint density at radius 1 is 1.24 bits per heavy atom. The quantitative estimate of drug-likeness (QED) is 0.615. The van der Waals surface area contributed by atoms with E-state index in [9.17, 15) is 22.5 Å². The van der Waals surface area contributed by atoms with Crippen molar-refractivity contribution in [3.05, 3.63) is 53.7 Å². The zero-order chi connectivity index (χ0) is 18.7. The summed E-state index contributed by atoms with van der Waals surface area (Å²) in [6, 6.07) is 7.43. The normalized spacial score (nSPS) is 11.9. The van der Waals surface area contributed by atoms with Crippen molar-refractivity contribution in [2.24, 2.45) is 0 Å². The number of nitrogens with zero attached hydrogens (tertiary/aromatic N) is 1. The number of aromatic nitrogens is 1. The van der Waals surface area contributed by atoms with Gasteiger partial charge in [-0.15, -0.1) is 0 Å². The predicted molar refractivity (Wildman–Crippen MR) is 88.7 cm³/mol. The van der Waals surface area contributed by atoms with E-state index in [1.807, 2.05) is 0 Å². The van der Waals surface area contributed by atoms with Crippen LogP contribution in [0.1, 0.15) is 15.9 Å². The summed E-state index contributed by atoms with van der Waals surface area (Å²) >= 11 is 0. The highest BCUT2D eigenvalue weighted by molar-refractivity contribution is 7.62. The molecule has 0 fully saturated rings. The minimum Gasteiger partial charge on any atom is -0.454 e. The van der Waals surface area contributed by atoms with E-state index in [-0.39, 0.29) is 23.4 Å². The van der Waals surface area contributed by atoms with Crippen molar-refractivity contribution in [2.75, 3.05) is 25.0 Å². The number of carbonyl (C=O) groups excluding carboxylic acids is 1. The molecule has 5 nitrogen and oxygen atoms in total. The SMILES string of the molecule is CP(C)(=O)COC(=O)c1cccnc1Nc1cccc(C(F)(F)F)c1. The van der Waals surface area contributed by atoms with Gasteiger partial charge < -0.3 is 14.6 Å². The zero-order valence-corrected chi connectivity index (χ0v) is 14.4. The minimum atomic E-state index is -4.48. The molecule has 0 aliphatic carbocycles. The predicted octanol–water partition coefficient (Wildman–Crippen LogP) is 4.58. The Morgan fingerprint density at radius 2 is 1.96 bits per heavy atom. The molecule has 0 bridgehead atoms. The summed E-state index contributed by atoms with van der Waals surface area (Å²) < 4.78 is 55.0. The Morgan fingerprint density at radius 3 is 2.60 bits per heavy atom. The second kappa shape index (κ2) is 7.27. The molecule has 0 aliphatic heterocycles. The lowest BCUT2D eigenvalue weighted by molar-refractivity contribution is -0.137. The van der Waals surface area contributed by atoms with Gasteiger partial charge in [-0.1, -0.05) is 6.07 Å². The highest BCUT2D eigenvalue weighted by atomic mass is 31.2. The third-order valence-corrected chi connectivity index (χ3v) is 3.74. The smallest absolute Gasteiger partial charge is 0.416 e. The van der Waals surface area contributed by atoms with Crippen LogP contribution in [0, 0.1) is 0 Å². The Balaban J connectivity index is 2.24. The molecule has 0 saturated carbocycles. The van der Waals surface area contributed by atoms with Crippen LogP contribution in [-0.2, 0) is 15.5 Å². The molecule has 1 N–H and O–H groups in total. The average Bonchev–Trinajstić information content (AvgIpc) is 2.52. The molecule has 0 saturated heterocycles. The number of esters is 1. The van der Waals surface area contributed by atoms with Gasteiger partial charge in [0.15, 0.2) is 0 Å². The Kier molecular flexibility index (Phi) is 5.52. The second-order valence-corrected chi connectivity index (χ2v) is 9.14. The number of carbonyl (C=O) groups is 1. The van der Waals surface area contributed by atoms with Crippen molar-refractivity contribution in [3.8, 4) is 0 Å². The summed E-state index contributed by atoms with van der Waals surface area (Å²) in [6.07, 6.45) is -3.33. The van der Waals surface area contributed by atoms with Crippen LogP contribution in [0.25, 0.3) is 0 Å². The van der Waals surface area contributed by atoms with E-state index in [1.54, 1.807) is 0 Å². The van der Waals surface area contributed by atoms with Crippen molar-refractivity contribution in [2.45, 2.75) is 6.18 Å². The Hall–Kier alpha value is -2.34. The number of ether oxygens (including phenoxy) is 1. The first kappa shape index (κ1) is 19.0. The first-order chi connectivity index (χ1) is 11.6. The molecule has 0 spiro atoms. The van der Waals surface area contributed by atoms with E-state index < -0.39 is 24.9 Å². The summed E-state index contributed by atoms with van der Waals surface area (Å²) in [5, 5.41) is 2.68. The van der Waals surface area contributed by atoms with E-state index in [0.717, 1.165) is 12.1 Å². The minimum absolute atomic E-state index is 0.0355. The van der Waals surface area contributed by atoms with Gasteiger partial charge in [-0.2, -0.15) is 13.2 Å². The third kappa shape index (κ3) is 5.60. The highest BCUT2D eigenvalue weighted by Gasteiger charge is 2.30. The van der Waals surface area contributed by atoms with Gasteiger partial charge in [0.25, 0.3) is 0 Å². The van der Waals surface area contributed by atoms with Gasteiger partial charge in [0.1, 0.15) is 24.9 Å². The monoisotopic (exact) mass is 372 g/mol. The molecular formula is C16H16F3N2O3P. The van der Waals surface area contributed by atoms with Crippen LogP contribution < -0.4 is 5.32 Å². The van der Waals surface area contributed by atoms with E-state index in [4.69, 9.17) is 4.74 Å². The first-order valence-corrected chi connectivity index (χ1v) is 9.95. The average molecular weight is 372 g/mol. The van der Waals surface area contributed by atoms with Gasteiger partial charge in [0, 0.05) is 11.9 Å². The number of pyridine rings is 1. The van der Waals surface area contributed by atoms with Gasteiger partial charge in [-0.3, -0.25) is 0 Å². The fourth-order valence-corrected chi connectivity index (χ4v) is 2.30. The second-order valence-electron chi connectivity index (χ2n) is 5.74. The molecule has 1 heterocycles. The zero-order valence-electron chi connectivity index (χ0n) is 13.5. The van der Waals surface area contributed by atoms with Crippen molar-refractivity contribution < 1.29 is 27.3 Å². The van der Waals surface area contributed by atoms with Gasteiger partial charge in [0.05, 0.1) is 5.56 Å². The number of hydrogen-bond donors (Lipinski definition) is 1. The number of nitrogens with one attached hydrogen (secondary N) is 1. The van der Waals surface area contributed by atoms with Crippen LogP contribution in [0.4, 0.5) is 24.7 Å².